The van der Waals surface area contributed by atoms with Crippen LogP contribution in [0, 0.1) is 13.8 Å². The van der Waals surface area contributed by atoms with Gasteiger partial charge in [0.1, 0.15) is 0 Å². The van der Waals surface area contributed by atoms with E-state index in [1.165, 1.54) is 0 Å². The molecule has 4 rings (SSSR count). The number of benzene rings is 2. The highest BCUT2D eigenvalue weighted by Gasteiger charge is 2.13. The van der Waals surface area contributed by atoms with Gasteiger partial charge in [-0.3, -0.25) is 4.68 Å². The molecule has 0 saturated carbocycles. The highest BCUT2D eigenvalue weighted by molar-refractivity contribution is 7.80. The standard InChI is InChI=1S/C23H22Cl2N6S/c1-15-21(16(2)31(29-15)20-6-4-3-5-7-20)12-26-23(32)28-19-11-27-30(14-19)13-17-8-9-18(24)10-22(17)25/h3-11,14H,12-13H2,1-2H3,(H2,26,28,32). The first-order chi connectivity index (χ1) is 15.4. The molecule has 0 aliphatic heterocycles. The topological polar surface area (TPSA) is 59.7 Å². The molecule has 2 heterocycles. The number of hydrogen-bond acceptors (Lipinski definition) is 3. The maximum Gasteiger partial charge on any atom is 0.171 e. The number of hydrogen-bond donors (Lipinski definition) is 2. The lowest BCUT2D eigenvalue weighted by molar-refractivity contribution is 0.687. The zero-order chi connectivity index (χ0) is 22.7. The van der Waals surface area contributed by atoms with E-state index in [1.54, 1.807) is 16.9 Å². The second kappa shape index (κ2) is 9.73. The van der Waals surface area contributed by atoms with E-state index >= 15 is 0 Å². The number of thiocarbonyl (C=S) groups is 1. The van der Waals surface area contributed by atoms with Crippen LogP contribution in [0.2, 0.25) is 10.0 Å². The van der Waals surface area contributed by atoms with Crippen molar-refractivity contribution in [3.63, 3.8) is 0 Å². The number of rotatable bonds is 6. The van der Waals surface area contributed by atoms with E-state index in [4.69, 9.17) is 35.4 Å². The van der Waals surface area contributed by atoms with E-state index in [-0.39, 0.29) is 0 Å². The summed E-state index contributed by atoms with van der Waals surface area (Å²) in [5.74, 6) is 0. The summed E-state index contributed by atoms with van der Waals surface area (Å²) in [5.41, 5.74) is 5.93. The van der Waals surface area contributed by atoms with Crippen LogP contribution < -0.4 is 10.6 Å². The monoisotopic (exact) mass is 484 g/mol. The summed E-state index contributed by atoms with van der Waals surface area (Å²) >= 11 is 17.7. The molecule has 9 heteroatoms. The molecule has 2 aromatic heterocycles. The SMILES string of the molecule is Cc1nn(-c2ccccc2)c(C)c1CNC(=S)Nc1cnn(Cc2ccc(Cl)cc2Cl)c1. The molecule has 6 nitrogen and oxygen atoms in total. The molecule has 0 aliphatic rings. The molecule has 0 radical (unpaired) electrons. The quantitative estimate of drug-likeness (QED) is 0.352. The van der Waals surface area contributed by atoms with Crippen LogP contribution in [0.5, 0.6) is 0 Å². The molecule has 0 atom stereocenters. The fourth-order valence-electron chi connectivity index (χ4n) is 3.43. The maximum absolute atomic E-state index is 6.26. The first-order valence-corrected chi connectivity index (χ1v) is 11.2. The van der Waals surface area contributed by atoms with Gasteiger partial charge in [0.25, 0.3) is 0 Å². The van der Waals surface area contributed by atoms with Crippen LogP contribution >= 0.6 is 35.4 Å². The van der Waals surface area contributed by atoms with Crippen molar-refractivity contribution in [2.45, 2.75) is 26.9 Å². The van der Waals surface area contributed by atoms with Crippen LogP contribution in [0.1, 0.15) is 22.5 Å². The van der Waals surface area contributed by atoms with Gasteiger partial charge >= 0.3 is 0 Å². The van der Waals surface area contributed by atoms with Gasteiger partial charge in [-0.15, -0.1) is 0 Å². The average Bonchev–Trinajstić information content (AvgIpc) is 3.32. The number of aryl methyl sites for hydroxylation is 1. The summed E-state index contributed by atoms with van der Waals surface area (Å²) < 4.78 is 3.74. The largest absolute Gasteiger partial charge is 0.358 e. The van der Waals surface area contributed by atoms with E-state index in [1.807, 2.05) is 60.3 Å². The highest BCUT2D eigenvalue weighted by Crippen LogP contribution is 2.22. The van der Waals surface area contributed by atoms with Crippen LogP contribution in [0.3, 0.4) is 0 Å². The number of nitrogens with one attached hydrogen (secondary N) is 2. The van der Waals surface area contributed by atoms with Gasteiger partial charge in [-0.1, -0.05) is 47.5 Å². The lowest BCUT2D eigenvalue weighted by Gasteiger charge is -2.10. The smallest absolute Gasteiger partial charge is 0.171 e. The van der Waals surface area contributed by atoms with Gasteiger partial charge in [0.05, 0.1) is 29.8 Å². The Kier molecular flexibility index (Phi) is 6.79. The first kappa shape index (κ1) is 22.3. The van der Waals surface area contributed by atoms with Crippen LogP contribution in [0.25, 0.3) is 5.69 Å². The summed E-state index contributed by atoms with van der Waals surface area (Å²) in [6, 6.07) is 15.5. The Labute approximate surface area is 202 Å². The van der Waals surface area contributed by atoms with Crippen molar-refractivity contribution >= 4 is 46.2 Å². The van der Waals surface area contributed by atoms with Gasteiger partial charge in [-0.05, 0) is 55.9 Å². The minimum Gasteiger partial charge on any atom is -0.358 e. The Hall–Kier alpha value is -2.87. The number of anilines is 1. The molecular formula is C23H22Cl2N6S. The van der Waals surface area contributed by atoms with Crippen molar-refractivity contribution in [2.24, 2.45) is 0 Å². The van der Waals surface area contributed by atoms with Crippen molar-refractivity contribution in [1.82, 2.24) is 24.9 Å². The summed E-state index contributed by atoms with van der Waals surface area (Å²) in [6.45, 7) is 5.18. The second-order valence-corrected chi connectivity index (χ2v) is 8.62. The van der Waals surface area contributed by atoms with Crippen molar-refractivity contribution < 1.29 is 0 Å². The molecule has 0 unspecified atom stereocenters. The molecule has 0 saturated heterocycles. The molecule has 0 bridgehead atoms. The molecule has 32 heavy (non-hydrogen) atoms. The Morgan fingerprint density at radius 3 is 2.62 bits per heavy atom. The van der Waals surface area contributed by atoms with E-state index in [2.05, 4.69) is 27.8 Å². The molecule has 0 amide bonds. The summed E-state index contributed by atoms with van der Waals surface area (Å²) in [6.07, 6.45) is 3.60. The minimum absolute atomic E-state index is 0.514. The van der Waals surface area contributed by atoms with Crippen molar-refractivity contribution in [3.05, 3.63) is 93.5 Å². The second-order valence-electron chi connectivity index (χ2n) is 7.37. The lowest BCUT2D eigenvalue weighted by atomic mass is 10.2. The molecule has 0 spiro atoms. The first-order valence-electron chi connectivity index (χ1n) is 10.0. The number of para-hydroxylation sites is 1. The van der Waals surface area contributed by atoms with Gasteiger partial charge in [-0.2, -0.15) is 10.2 Å². The summed E-state index contributed by atoms with van der Waals surface area (Å²) in [4.78, 5) is 0. The molecular weight excluding hydrogens is 463 g/mol. The van der Waals surface area contributed by atoms with Crippen molar-refractivity contribution in [1.29, 1.82) is 0 Å². The normalized spacial score (nSPS) is 10.9. The Balaban J connectivity index is 1.36. The highest BCUT2D eigenvalue weighted by atomic mass is 35.5. The van der Waals surface area contributed by atoms with Crippen LogP contribution in [0.15, 0.2) is 60.9 Å². The number of halogens is 2. The molecule has 2 N–H and O–H groups in total. The van der Waals surface area contributed by atoms with Gasteiger partial charge in [-0.25, -0.2) is 4.68 Å². The Bertz CT molecular complexity index is 1250. The minimum atomic E-state index is 0.514. The van der Waals surface area contributed by atoms with Crippen molar-refractivity contribution in [3.8, 4) is 5.69 Å². The van der Waals surface area contributed by atoms with Crippen molar-refractivity contribution in [2.75, 3.05) is 5.32 Å². The third kappa shape index (κ3) is 5.12. The van der Waals surface area contributed by atoms with Gasteiger partial charge < -0.3 is 10.6 Å². The molecule has 2 aromatic carbocycles. The third-order valence-corrected chi connectivity index (χ3v) is 5.94. The molecule has 0 fully saturated rings. The third-order valence-electron chi connectivity index (χ3n) is 5.11. The number of aromatic nitrogens is 4. The van der Waals surface area contributed by atoms with E-state index in [0.29, 0.717) is 28.2 Å². The number of nitrogens with zero attached hydrogens (tertiary/aromatic N) is 4. The molecule has 164 valence electrons. The Morgan fingerprint density at radius 2 is 1.88 bits per heavy atom. The zero-order valence-electron chi connectivity index (χ0n) is 17.6. The summed E-state index contributed by atoms with van der Waals surface area (Å²) in [7, 11) is 0. The predicted molar refractivity (Wildman–Crippen MR) is 134 cm³/mol. The predicted octanol–water partition coefficient (Wildman–Crippen LogP) is 5.53. The van der Waals surface area contributed by atoms with E-state index in [9.17, 15) is 0 Å². The van der Waals surface area contributed by atoms with Crippen LogP contribution in [-0.4, -0.2) is 24.7 Å². The average molecular weight is 485 g/mol. The van der Waals surface area contributed by atoms with Crippen LogP contribution in [0.4, 0.5) is 5.69 Å². The Morgan fingerprint density at radius 1 is 1.09 bits per heavy atom. The summed E-state index contributed by atoms with van der Waals surface area (Å²) in [5, 5.41) is 17.2. The fraction of sp³-hybridized carbons (Fsp3) is 0.174. The van der Waals surface area contributed by atoms with E-state index in [0.717, 1.165) is 33.9 Å². The van der Waals surface area contributed by atoms with Gasteiger partial charge in [0.15, 0.2) is 5.11 Å². The zero-order valence-corrected chi connectivity index (χ0v) is 20.0. The fourth-order valence-corrected chi connectivity index (χ4v) is 4.09. The van der Waals surface area contributed by atoms with Gasteiger partial charge in [0, 0.05) is 34.0 Å². The van der Waals surface area contributed by atoms with Crippen LogP contribution in [-0.2, 0) is 13.1 Å². The van der Waals surface area contributed by atoms with Gasteiger partial charge in [0.2, 0.25) is 0 Å². The van der Waals surface area contributed by atoms with E-state index < -0.39 is 0 Å². The lowest BCUT2D eigenvalue weighted by Crippen LogP contribution is -2.28. The molecule has 0 aliphatic carbocycles. The maximum atomic E-state index is 6.26. The molecule has 4 aromatic rings.